The predicted molar refractivity (Wildman–Crippen MR) is 120 cm³/mol. The molecular weight excluding hydrogens is 348 g/mol. The third-order valence-electron chi connectivity index (χ3n) is 3.78. The molecule has 0 amide bonds. The lowest BCUT2D eigenvalue weighted by Crippen LogP contribution is -2.24. The van der Waals surface area contributed by atoms with Gasteiger partial charge in [-0.1, -0.05) is 79.8 Å². The fraction of sp³-hybridized carbons (Fsp3) is 0.480. The van der Waals surface area contributed by atoms with Gasteiger partial charge in [0.25, 0.3) is 0 Å². The van der Waals surface area contributed by atoms with Gasteiger partial charge in [0.15, 0.2) is 6.10 Å². The van der Waals surface area contributed by atoms with E-state index >= 15 is 0 Å². The van der Waals surface area contributed by atoms with E-state index in [0.29, 0.717) is 13.0 Å². The van der Waals surface area contributed by atoms with E-state index in [9.17, 15) is 4.79 Å². The Hall–Kier alpha value is -2.13. The van der Waals surface area contributed by atoms with Gasteiger partial charge < -0.3 is 9.47 Å². The molecule has 0 aromatic rings. The highest BCUT2D eigenvalue weighted by Crippen LogP contribution is 2.03. The molecule has 1 atom stereocenters. The third kappa shape index (κ3) is 17.3. The number of methoxy groups -OCH3 is 1. The molecule has 0 aromatic heterocycles. The van der Waals surface area contributed by atoms with Crippen LogP contribution in [0.2, 0.25) is 0 Å². The first-order valence-corrected chi connectivity index (χ1v) is 10.4. The summed E-state index contributed by atoms with van der Waals surface area (Å²) in [7, 11) is 1.53. The van der Waals surface area contributed by atoms with Crippen molar-refractivity contribution in [1.29, 1.82) is 0 Å². The second-order valence-corrected chi connectivity index (χ2v) is 6.13. The summed E-state index contributed by atoms with van der Waals surface area (Å²) in [4.78, 5) is 11.6. The maximum absolute atomic E-state index is 11.6. The molecule has 1 unspecified atom stereocenters. The standard InChI is InChI=1S/C25H38O3/c1-4-6-7-8-9-10-11-12-13-14-15-16-17-18-19-20-21-22-23-24(27-3)25(26)28-5-2/h6-7,9-10,12-13,15-16,18-19,21-22,24H,4-5,8,11,14,17,20,23H2,1-3H3/b7-6-,10-9-,13-12-,16-15-,19-18-,22-21+. The Bertz CT molecular complexity index is 536. The zero-order chi connectivity index (χ0) is 20.7. The Morgan fingerprint density at radius 1 is 0.679 bits per heavy atom. The Morgan fingerprint density at radius 2 is 1.07 bits per heavy atom. The highest BCUT2D eigenvalue weighted by molar-refractivity contribution is 5.74. The van der Waals surface area contributed by atoms with Crippen LogP contribution >= 0.6 is 0 Å². The number of hydrogen-bond donors (Lipinski definition) is 0. The summed E-state index contributed by atoms with van der Waals surface area (Å²) in [6.07, 6.45) is 31.8. The summed E-state index contributed by atoms with van der Waals surface area (Å²) in [5.41, 5.74) is 0. The molecule has 0 spiro atoms. The summed E-state index contributed by atoms with van der Waals surface area (Å²) >= 11 is 0. The summed E-state index contributed by atoms with van der Waals surface area (Å²) in [6, 6.07) is 0. The molecule has 0 saturated heterocycles. The van der Waals surface area contributed by atoms with Gasteiger partial charge in [-0.25, -0.2) is 4.79 Å². The molecule has 0 aromatic carbocycles. The van der Waals surface area contributed by atoms with Crippen LogP contribution in [-0.2, 0) is 14.3 Å². The van der Waals surface area contributed by atoms with Crippen molar-refractivity contribution in [3.8, 4) is 0 Å². The molecule has 28 heavy (non-hydrogen) atoms. The van der Waals surface area contributed by atoms with Gasteiger partial charge in [0.05, 0.1) is 6.61 Å². The van der Waals surface area contributed by atoms with Crippen molar-refractivity contribution < 1.29 is 14.3 Å². The molecule has 0 bridgehead atoms. The molecular formula is C25H38O3. The Balaban J connectivity index is 3.74. The molecule has 3 nitrogen and oxygen atoms in total. The number of rotatable bonds is 16. The van der Waals surface area contributed by atoms with Crippen molar-refractivity contribution >= 4 is 5.97 Å². The van der Waals surface area contributed by atoms with Crippen LogP contribution in [-0.4, -0.2) is 25.8 Å². The van der Waals surface area contributed by atoms with E-state index in [2.05, 4.69) is 67.7 Å². The van der Waals surface area contributed by atoms with Crippen molar-refractivity contribution in [1.82, 2.24) is 0 Å². The molecule has 3 heteroatoms. The summed E-state index contributed by atoms with van der Waals surface area (Å²) in [5.74, 6) is -0.301. The summed E-state index contributed by atoms with van der Waals surface area (Å²) in [6.45, 7) is 4.32. The fourth-order valence-electron chi connectivity index (χ4n) is 2.27. The summed E-state index contributed by atoms with van der Waals surface area (Å²) < 4.78 is 10.1. The lowest BCUT2D eigenvalue weighted by molar-refractivity contribution is -0.154. The SMILES string of the molecule is CC/C=C\C/C=C\C/C=C\C/C=C\C/C=C\C/C=C/CC(OC)C(=O)OCC. The molecule has 0 saturated carbocycles. The van der Waals surface area contributed by atoms with Gasteiger partial charge in [-0.3, -0.25) is 0 Å². The first kappa shape index (κ1) is 25.9. The predicted octanol–water partition coefficient (Wildman–Crippen LogP) is 6.65. The molecule has 156 valence electrons. The van der Waals surface area contributed by atoms with Gasteiger partial charge in [0.1, 0.15) is 0 Å². The smallest absolute Gasteiger partial charge is 0.335 e. The van der Waals surface area contributed by atoms with Crippen LogP contribution in [0, 0.1) is 0 Å². The molecule has 0 heterocycles. The largest absolute Gasteiger partial charge is 0.464 e. The first-order chi connectivity index (χ1) is 13.8. The van der Waals surface area contributed by atoms with Gasteiger partial charge in [-0.15, -0.1) is 0 Å². The number of esters is 1. The molecule has 0 aliphatic rings. The van der Waals surface area contributed by atoms with E-state index in [1.807, 2.05) is 12.2 Å². The van der Waals surface area contributed by atoms with E-state index in [0.717, 1.165) is 38.5 Å². The van der Waals surface area contributed by atoms with Crippen LogP contribution < -0.4 is 0 Å². The monoisotopic (exact) mass is 386 g/mol. The molecule has 0 aliphatic carbocycles. The zero-order valence-corrected chi connectivity index (χ0v) is 17.9. The lowest BCUT2D eigenvalue weighted by atomic mass is 10.2. The molecule has 0 rings (SSSR count). The van der Waals surface area contributed by atoms with E-state index in [1.54, 1.807) is 6.92 Å². The highest BCUT2D eigenvalue weighted by Gasteiger charge is 2.16. The zero-order valence-electron chi connectivity index (χ0n) is 17.9. The Morgan fingerprint density at radius 3 is 1.43 bits per heavy atom. The fourth-order valence-corrected chi connectivity index (χ4v) is 2.27. The lowest BCUT2D eigenvalue weighted by Gasteiger charge is -2.11. The van der Waals surface area contributed by atoms with Crippen LogP contribution in [0.15, 0.2) is 72.9 Å². The average Bonchev–Trinajstić information content (AvgIpc) is 2.70. The minimum Gasteiger partial charge on any atom is -0.464 e. The van der Waals surface area contributed by atoms with Gasteiger partial charge in [-0.05, 0) is 45.4 Å². The topological polar surface area (TPSA) is 35.5 Å². The van der Waals surface area contributed by atoms with Crippen molar-refractivity contribution in [2.75, 3.05) is 13.7 Å². The second-order valence-electron chi connectivity index (χ2n) is 6.13. The summed E-state index contributed by atoms with van der Waals surface area (Å²) in [5, 5.41) is 0. The van der Waals surface area contributed by atoms with E-state index in [1.165, 1.54) is 7.11 Å². The van der Waals surface area contributed by atoms with E-state index in [4.69, 9.17) is 9.47 Å². The van der Waals surface area contributed by atoms with Gasteiger partial charge >= 0.3 is 5.97 Å². The van der Waals surface area contributed by atoms with Gasteiger partial charge in [-0.2, -0.15) is 0 Å². The molecule has 0 N–H and O–H groups in total. The van der Waals surface area contributed by atoms with Crippen molar-refractivity contribution in [3.05, 3.63) is 72.9 Å². The molecule has 0 radical (unpaired) electrons. The molecule has 0 fully saturated rings. The van der Waals surface area contributed by atoms with E-state index in [-0.39, 0.29) is 5.97 Å². The minimum atomic E-state index is -0.510. The number of hydrogen-bond acceptors (Lipinski definition) is 3. The van der Waals surface area contributed by atoms with Crippen LogP contribution in [0.3, 0.4) is 0 Å². The van der Waals surface area contributed by atoms with Crippen molar-refractivity contribution in [2.45, 2.75) is 64.9 Å². The van der Waals surface area contributed by atoms with Crippen LogP contribution in [0.5, 0.6) is 0 Å². The average molecular weight is 387 g/mol. The molecule has 0 aliphatic heterocycles. The number of carbonyl (C=O) groups is 1. The normalized spacial score (nSPS) is 14.0. The third-order valence-corrected chi connectivity index (χ3v) is 3.78. The highest BCUT2D eigenvalue weighted by atomic mass is 16.6. The van der Waals surface area contributed by atoms with Crippen LogP contribution in [0.25, 0.3) is 0 Å². The Kier molecular flexibility index (Phi) is 19.6. The first-order valence-electron chi connectivity index (χ1n) is 10.4. The number of allylic oxidation sites excluding steroid dienone is 11. The van der Waals surface area contributed by atoms with E-state index < -0.39 is 6.10 Å². The number of carbonyl (C=O) groups excluding carboxylic acids is 1. The van der Waals surface area contributed by atoms with Crippen molar-refractivity contribution in [3.63, 3.8) is 0 Å². The van der Waals surface area contributed by atoms with Crippen molar-refractivity contribution in [2.24, 2.45) is 0 Å². The minimum absolute atomic E-state index is 0.301. The maximum Gasteiger partial charge on any atom is 0.335 e. The van der Waals surface area contributed by atoms with Crippen LogP contribution in [0.4, 0.5) is 0 Å². The number of ether oxygens (including phenoxy) is 2. The van der Waals surface area contributed by atoms with Gasteiger partial charge in [0, 0.05) is 13.5 Å². The van der Waals surface area contributed by atoms with Crippen LogP contribution in [0.1, 0.15) is 58.8 Å². The Labute approximate surface area is 172 Å². The maximum atomic E-state index is 11.6. The second kappa shape index (κ2) is 21.2. The van der Waals surface area contributed by atoms with Gasteiger partial charge in [0.2, 0.25) is 0 Å². The quantitative estimate of drug-likeness (QED) is 0.220.